The lowest BCUT2D eigenvalue weighted by Gasteiger charge is -2.42. The van der Waals surface area contributed by atoms with Crippen LogP contribution in [0, 0.1) is 0 Å². The van der Waals surface area contributed by atoms with Gasteiger partial charge in [0.2, 0.25) is 0 Å². The van der Waals surface area contributed by atoms with Crippen molar-refractivity contribution >= 4 is 0 Å². The fourth-order valence-electron chi connectivity index (χ4n) is 3.10. The zero-order valence-electron chi connectivity index (χ0n) is 15.3. The summed E-state index contributed by atoms with van der Waals surface area (Å²) in [5.74, 6) is 0. The summed E-state index contributed by atoms with van der Waals surface area (Å²) in [6, 6.07) is 9.04. The Hall–Kier alpha value is -1.22. The molecule has 1 aromatic carbocycles. The summed E-state index contributed by atoms with van der Waals surface area (Å²) in [4.78, 5) is 0. The van der Waals surface area contributed by atoms with Crippen LogP contribution in [0.2, 0.25) is 0 Å². The predicted octanol–water partition coefficient (Wildman–Crippen LogP) is -3.22. The Bertz CT molecular complexity index is 631. The number of aliphatic hydroxyl groups is 7. The van der Waals surface area contributed by atoms with Crippen LogP contribution in [0.4, 0.5) is 0 Å². The third-order valence-corrected chi connectivity index (χ3v) is 4.89. The molecule has 2 aliphatic rings. The van der Waals surface area contributed by atoms with Gasteiger partial charge in [0.15, 0.2) is 18.9 Å². The standard InChI is InChI=1S/C18H26O11/c19-10-9(7-27-18-15(24)12(21)13(22)16(25)29-18)28-17(14(23)11(10)20)26-6-8-4-2-1-3-5-8/h1-5,9-25H,6-7H2/t9-,10-,11+,12-,13-,14-,15+,16+,17+,18+/m1/s1. The first-order chi connectivity index (χ1) is 13.8. The van der Waals surface area contributed by atoms with Crippen molar-refractivity contribution in [1.82, 2.24) is 0 Å². The van der Waals surface area contributed by atoms with E-state index in [4.69, 9.17) is 18.9 Å². The van der Waals surface area contributed by atoms with E-state index < -0.39 is 68.2 Å². The Morgan fingerprint density at radius 1 is 0.655 bits per heavy atom. The van der Waals surface area contributed by atoms with E-state index in [9.17, 15) is 35.7 Å². The third-order valence-electron chi connectivity index (χ3n) is 4.89. The Labute approximate surface area is 166 Å². The Kier molecular flexibility index (Phi) is 7.53. The van der Waals surface area contributed by atoms with Crippen molar-refractivity contribution in [3.63, 3.8) is 0 Å². The molecular weight excluding hydrogens is 392 g/mol. The van der Waals surface area contributed by atoms with Crippen LogP contribution in [0.5, 0.6) is 0 Å². The molecule has 29 heavy (non-hydrogen) atoms. The van der Waals surface area contributed by atoms with E-state index in [1.54, 1.807) is 24.3 Å². The van der Waals surface area contributed by atoms with Crippen molar-refractivity contribution in [2.24, 2.45) is 0 Å². The number of hydrogen-bond donors (Lipinski definition) is 7. The van der Waals surface area contributed by atoms with Crippen molar-refractivity contribution < 1.29 is 54.7 Å². The molecule has 2 fully saturated rings. The van der Waals surface area contributed by atoms with Gasteiger partial charge < -0.3 is 54.7 Å². The summed E-state index contributed by atoms with van der Waals surface area (Å²) in [7, 11) is 0. The van der Waals surface area contributed by atoms with Gasteiger partial charge in [0.05, 0.1) is 13.2 Å². The van der Waals surface area contributed by atoms with Gasteiger partial charge in [-0.3, -0.25) is 0 Å². The van der Waals surface area contributed by atoms with Gasteiger partial charge in [0, 0.05) is 0 Å². The molecule has 0 amide bonds. The quantitative estimate of drug-likeness (QED) is 0.247. The average Bonchev–Trinajstić information content (AvgIpc) is 2.73. The number of aliphatic hydroxyl groups excluding tert-OH is 7. The predicted molar refractivity (Wildman–Crippen MR) is 92.8 cm³/mol. The molecule has 0 radical (unpaired) electrons. The van der Waals surface area contributed by atoms with E-state index in [-0.39, 0.29) is 6.61 Å². The van der Waals surface area contributed by atoms with E-state index in [0.29, 0.717) is 0 Å². The second-order valence-corrected chi connectivity index (χ2v) is 7.01. The summed E-state index contributed by atoms with van der Waals surface area (Å²) < 4.78 is 21.1. The van der Waals surface area contributed by atoms with Crippen molar-refractivity contribution in [3.8, 4) is 0 Å². The van der Waals surface area contributed by atoms with Gasteiger partial charge in [-0.1, -0.05) is 30.3 Å². The second kappa shape index (κ2) is 9.73. The van der Waals surface area contributed by atoms with Crippen molar-refractivity contribution in [2.45, 2.75) is 68.2 Å². The molecule has 7 N–H and O–H groups in total. The molecular formula is C18H26O11. The Morgan fingerprint density at radius 2 is 1.24 bits per heavy atom. The molecule has 3 rings (SSSR count). The van der Waals surface area contributed by atoms with Crippen LogP contribution in [0.15, 0.2) is 30.3 Å². The molecule has 0 bridgehead atoms. The zero-order valence-corrected chi connectivity index (χ0v) is 15.3. The largest absolute Gasteiger partial charge is 0.387 e. The molecule has 0 spiro atoms. The highest BCUT2D eigenvalue weighted by atomic mass is 16.8. The van der Waals surface area contributed by atoms with Gasteiger partial charge >= 0.3 is 0 Å². The van der Waals surface area contributed by atoms with Crippen LogP contribution in [0.1, 0.15) is 5.56 Å². The molecule has 0 aliphatic carbocycles. The number of hydrogen-bond acceptors (Lipinski definition) is 11. The van der Waals surface area contributed by atoms with Crippen LogP contribution in [-0.4, -0.2) is 104 Å². The summed E-state index contributed by atoms with van der Waals surface area (Å²) in [6.45, 7) is -0.354. The maximum atomic E-state index is 10.1. The Balaban J connectivity index is 1.58. The lowest BCUT2D eigenvalue weighted by Crippen LogP contribution is -2.61. The van der Waals surface area contributed by atoms with Gasteiger partial charge in [0.25, 0.3) is 0 Å². The summed E-state index contributed by atoms with van der Waals surface area (Å²) >= 11 is 0. The summed E-state index contributed by atoms with van der Waals surface area (Å²) in [6.07, 6.45) is -15.5. The van der Waals surface area contributed by atoms with Crippen LogP contribution in [0.25, 0.3) is 0 Å². The molecule has 164 valence electrons. The average molecular weight is 418 g/mol. The lowest BCUT2D eigenvalue weighted by atomic mass is 9.99. The third kappa shape index (κ3) is 5.10. The fraction of sp³-hybridized carbons (Fsp3) is 0.667. The molecule has 1 aromatic rings. The van der Waals surface area contributed by atoms with E-state index in [1.807, 2.05) is 6.07 Å². The summed E-state index contributed by atoms with van der Waals surface area (Å²) in [5, 5.41) is 68.9. The molecule has 10 atom stereocenters. The van der Waals surface area contributed by atoms with E-state index in [0.717, 1.165) is 5.56 Å². The van der Waals surface area contributed by atoms with Gasteiger partial charge in [-0.15, -0.1) is 0 Å². The van der Waals surface area contributed by atoms with Gasteiger partial charge in [-0.2, -0.15) is 0 Å². The topological polar surface area (TPSA) is 179 Å². The Morgan fingerprint density at radius 3 is 1.90 bits per heavy atom. The number of rotatable bonds is 6. The van der Waals surface area contributed by atoms with Crippen molar-refractivity contribution in [2.75, 3.05) is 6.61 Å². The maximum Gasteiger partial charge on any atom is 0.189 e. The zero-order chi connectivity index (χ0) is 21.1. The van der Waals surface area contributed by atoms with Crippen LogP contribution >= 0.6 is 0 Å². The first-order valence-corrected chi connectivity index (χ1v) is 9.14. The fourth-order valence-corrected chi connectivity index (χ4v) is 3.10. The molecule has 11 heteroatoms. The van der Waals surface area contributed by atoms with Crippen LogP contribution in [0.3, 0.4) is 0 Å². The smallest absolute Gasteiger partial charge is 0.189 e. The highest BCUT2D eigenvalue weighted by molar-refractivity contribution is 5.13. The molecule has 2 aliphatic heterocycles. The minimum Gasteiger partial charge on any atom is -0.387 e. The van der Waals surface area contributed by atoms with E-state index in [2.05, 4.69) is 0 Å². The maximum absolute atomic E-state index is 10.1. The molecule has 0 unspecified atom stereocenters. The van der Waals surface area contributed by atoms with Gasteiger partial charge in [0.1, 0.15) is 42.7 Å². The number of benzene rings is 1. The molecule has 2 heterocycles. The SMILES string of the molecule is O[C@@H]1[C@@H](O)[C@@H](OCc2ccccc2)O[C@H](CO[C@H]2O[C@H](O)[C@H](O)[C@@H](O)[C@@H]2O)[C@H]1O. The van der Waals surface area contributed by atoms with Crippen molar-refractivity contribution in [1.29, 1.82) is 0 Å². The molecule has 0 aromatic heterocycles. The summed E-state index contributed by atoms with van der Waals surface area (Å²) in [5.41, 5.74) is 0.803. The first kappa shape index (κ1) is 22.5. The van der Waals surface area contributed by atoms with Crippen molar-refractivity contribution in [3.05, 3.63) is 35.9 Å². The molecule has 2 saturated heterocycles. The van der Waals surface area contributed by atoms with Crippen LogP contribution < -0.4 is 0 Å². The monoisotopic (exact) mass is 418 g/mol. The van der Waals surface area contributed by atoms with E-state index >= 15 is 0 Å². The minimum absolute atomic E-state index is 0.0830. The lowest BCUT2D eigenvalue weighted by molar-refractivity contribution is -0.354. The van der Waals surface area contributed by atoms with E-state index in [1.165, 1.54) is 0 Å². The second-order valence-electron chi connectivity index (χ2n) is 7.01. The normalized spacial score (nSPS) is 43.3. The number of ether oxygens (including phenoxy) is 4. The highest BCUT2D eigenvalue weighted by Gasteiger charge is 2.47. The van der Waals surface area contributed by atoms with Crippen LogP contribution in [-0.2, 0) is 25.6 Å². The molecule has 11 nitrogen and oxygen atoms in total. The minimum atomic E-state index is -1.79. The molecule has 0 saturated carbocycles. The highest BCUT2D eigenvalue weighted by Crippen LogP contribution is 2.25. The van der Waals surface area contributed by atoms with Gasteiger partial charge in [-0.05, 0) is 5.56 Å². The van der Waals surface area contributed by atoms with Gasteiger partial charge in [-0.25, -0.2) is 0 Å². The first-order valence-electron chi connectivity index (χ1n) is 9.14.